The highest BCUT2D eigenvalue weighted by molar-refractivity contribution is 5.79. The summed E-state index contributed by atoms with van der Waals surface area (Å²) in [5, 5.41) is 13.9. The van der Waals surface area contributed by atoms with Gasteiger partial charge in [-0.05, 0) is 36.6 Å². The lowest BCUT2D eigenvalue weighted by Gasteiger charge is -2.17. The van der Waals surface area contributed by atoms with E-state index in [1.165, 1.54) is 25.7 Å². The van der Waals surface area contributed by atoms with Crippen molar-refractivity contribution in [2.45, 2.75) is 37.8 Å². The van der Waals surface area contributed by atoms with Gasteiger partial charge in [-0.15, -0.1) is 0 Å². The van der Waals surface area contributed by atoms with E-state index in [9.17, 15) is 5.26 Å². The number of hydrogen-bond acceptors (Lipinski definition) is 3. The zero-order valence-electron chi connectivity index (χ0n) is 10.8. The summed E-state index contributed by atoms with van der Waals surface area (Å²) in [7, 11) is 0. The van der Waals surface area contributed by atoms with Gasteiger partial charge in [-0.1, -0.05) is 25.0 Å². The molecule has 1 N–H and O–H groups in total. The molecule has 1 heterocycles. The highest BCUT2D eigenvalue weighted by Crippen LogP contribution is 2.23. The third kappa shape index (κ3) is 2.59. The van der Waals surface area contributed by atoms with E-state index in [4.69, 9.17) is 0 Å². The second kappa shape index (κ2) is 5.38. The van der Waals surface area contributed by atoms with Crippen LogP contribution in [-0.2, 0) is 0 Å². The van der Waals surface area contributed by atoms with E-state index >= 15 is 0 Å². The van der Waals surface area contributed by atoms with Crippen molar-refractivity contribution in [1.82, 2.24) is 10.3 Å². The number of nitrogens with one attached hydrogen (secondary N) is 1. The van der Waals surface area contributed by atoms with Gasteiger partial charge in [0.2, 0.25) is 0 Å². The molecule has 3 nitrogen and oxygen atoms in total. The van der Waals surface area contributed by atoms with Crippen LogP contribution >= 0.6 is 0 Å². The number of benzene rings is 1. The molecule has 1 atom stereocenters. The van der Waals surface area contributed by atoms with Crippen molar-refractivity contribution in [2.24, 2.45) is 0 Å². The molecule has 0 aliphatic heterocycles. The van der Waals surface area contributed by atoms with Gasteiger partial charge >= 0.3 is 0 Å². The molecule has 96 valence electrons. The lowest BCUT2D eigenvalue weighted by atomic mass is 10.0. The zero-order chi connectivity index (χ0) is 13.1. The smallest absolute Gasteiger partial charge is 0.121 e. The van der Waals surface area contributed by atoms with Gasteiger partial charge in [-0.2, -0.15) is 5.26 Å². The van der Waals surface area contributed by atoms with E-state index < -0.39 is 0 Å². The highest BCUT2D eigenvalue weighted by atomic mass is 15.0. The maximum absolute atomic E-state index is 9.38. The maximum atomic E-state index is 9.38. The van der Waals surface area contributed by atoms with Gasteiger partial charge in [0.15, 0.2) is 0 Å². The Kier molecular flexibility index (Phi) is 3.43. The summed E-state index contributed by atoms with van der Waals surface area (Å²) in [5.74, 6) is 0. The summed E-state index contributed by atoms with van der Waals surface area (Å²) in [6, 6.07) is 12.7. The van der Waals surface area contributed by atoms with Gasteiger partial charge in [0.25, 0.3) is 0 Å². The summed E-state index contributed by atoms with van der Waals surface area (Å²) in [5.41, 5.74) is 2.01. The summed E-state index contributed by atoms with van der Waals surface area (Å²) in [6.45, 7) is 0. The Labute approximate surface area is 113 Å². The number of rotatable bonds is 3. The highest BCUT2D eigenvalue weighted by Gasteiger charge is 2.20. The standard InChI is InChI=1S/C16H17N3/c17-11-16(19-14-5-1-2-6-14)13-7-8-15-12(10-13)4-3-9-18-15/h3-4,7-10,14,16,19H,1-2,5-6H2. The molecule has 0 spiro atoms. The van der Waals surface area contributed by atoms with Crippen molar-refractivity contribution in [3.63, 3.8) is 0 Å². The van der Waals surface area contributed by atoms with E-state index in [-0.39, 0.29) is 6.04 Å². The first-order valence-electron chi connectivity index (χ1n) is 6.87. The second-order valence-electron chi connectivity index (χ2n) is 5.17. The fourth-order valence-corrected chi connectivity index (χ4v) is 2.81. The third-order valence-electron chi connectivity index (χ3n) is 3.85. The Bertz CT molecular complexity index is 609. The van der Waals surface area contributed by atoms with E-state index in [0.717, 1.165) is 16.5 Å². The lowest BCUT2D eigenvalue weighted by Crippen LogP contribution is -2.29. The van der Waals surface area contributed by atoms with Crippen LogP contribution in [0.2, 0.25) is 0 Å². The Morgan fingerprint density at radius 2 is 2.11 bits per heavy atom. The first kappa shape index (κ1) is 12.1. The van der Waals surface area contributed by atoms with Gasteiger partial charge in [0.05, 0.1) is 11.6 Å². The minimum Gasteiger partial charge on any atom is -0.295 e. The van der Waals surface area contributed by atoms with Crippen molar-refractivity contribution in [2.75, 3.05) is 0 Å². The molecule has 1 aromatic heterocycles. The van der Waals surface area contributed by atoms with Crippen LogP contribution in [0.25, 0.3) is 10.9 Å². The van der Waals surface area contributed by atoms with Crippen molar-refractivity contribution in [3.8, 4) is 6.07 Å². The fraction of sp³-hybridized carbons (Fsp3) is 0.375. The molecule has 1 aliphatic carbocycles. The topological polar surface area (TPSA) is 48.7 Å². The summed E-state index contributed by atoms with van der Waals surface area (Å²) < 4.78 is 0. The van der Waals surface area contributed by atoms with Crippen LogP contribution < -0.4 is 5.32 Å². The Morgan fingerprint density at radius 3 is 2.89 bits per heavy atom. The SMILES string of the molecule is N#CC(NC1CCCC1)c1ccc2ncccc2c1. The minimum atomic E-state index is -0.215. The molecule has 1 aromatic carbocycles. The molecule has 1 saturated carbocycles. The van der Waals surface area contributed by atoms with Gasteiger partial charge in [-0.3, -0.25) is 10.3 Å². The van der Waals surface area contributed by atoms with Crippen molar-refractivity contribution in [1.29, 1.82) is 5.26 Å². The van der Waals surface area contributed by atoms with E-state index in [0.29, 0.717) is 6.04 Å². The minimum absolute atomic E-state index is 0.215. The molecule has 0 radical (unpaired) electrons. The number of pyridine rings is 1. The number of hydrogen-bond donors (Lipinski definition) is 1. The van der Waals surface area contributed by atoms with Crippen molar-refractivity contribution in [3.05, 3.63) is 42.1 Å². The van der Waals surface area contributed by atoms with Gasteiger partial charge < -0.3 is 0 Å². The third-order valence-corrected chi connectivity index (χ3v) is 3.85. The monoisotopic (exact) mass is 251 g/mol. The van der Waals surface area contributed by atoms with E-state index in [1.807, 2.05) is 24.3 Å². The van der Waals surface area contributed by atoms with Gasteiger partial charge in [0, 0.05) is 17.6 Å². The molecular formula is C16H17N3. The molecule has 0 bridgehead atoms. The largest absolute Gasteiger partial charge is 0.295 e. The molecule has 1 fully saturated rings. The number of aromatic nitrogens is 1. The lowest BCUT2D eigenvalue weighted by molar-refractivity contribution is 0.492. The molecule has 0 saturated heterocycles. The summed E-state index contributed by atoms with van der Waals surface area (Å²) >= 11 is 0. The van der Waals surface area contributed by atoms with Crippen molar-refractivity contribution < 1.29 is 0 Å². The zero-order valence-corrected chi connectivity index (χ0v) is 10.8. The molecule has 3 rings (SSSR count). The Hall–Kier alpha value is -1.92. The van der Waals surface area contributed by atoms with Gasteiger partial charge in [-0.25, -0.2) is 0 Å². The number of nitrogens with zero attached hydrogens (tertiary/aromatic N) is 2. The number of nitriles is 1. The molecule has 1 unspecified atom stereocenters. The van der Waals surface area contributed by atoms with Crippen LogP contribution in [0.1, 0.15) is 37.3 Å². The van der Waals surface area contributed by atoms with Crippen LogP contribution in [0, 0.1) is 11.3 Å². The molecule has 3 heteroatoms. The van der Waals surface area contributed by atoms with Crippen LogP contribution in [0.5, 0.6) is 0 Å². The first-order chi connectivity index (χ1) is 9.36. The van der Waals surface area contributed by atoms with E-state index in [1.54, 1.807) is 6.20 Å². The van der Waals surface area contributed by atoms with Crippen LogP contribution in [0.4, 0.5) is 0 Å². The second-order valence-corrected chi connectivity index (χ2v) is 5.17. The molecule has 0 amide bonds. The van der Waals surface area contributed by atoms with Crippen LogP contribution in [-0.4, -0.2) is 11.0 Å². The fourth-order valence-electron chi connectivity index (χ4n) is 2.81. The quantitative estimate of drug-likeness (QED) is 0.910. The van der Waals surface area contributed by atoms with Crippen LogP contribution in [0.15, 0.2) is 36.5 Å². The first-order valence-corrected chi connectivity index (χ1v) is 6.87. The molecular weight excluding hydrogens is 234 g/mol. The van der Waals surface area contributed by atoms with Gasteiger partial charge in [0.1, 0.15) is 6.04 Å². The van der Waals surface area contributed by atoms with Crippen molar-refractivity contribution >= 4 is 10.9 Å². The number of fused-ring (bicyclic) bond motifs is 1. The Morgan fingerprint density at radius 1 is 1.26 bits per heavy atom. The van der Waals surface area contributed by atoms with Crippen LogP contribution in [0.3, 0.4) is 0 Å². The predicted molar refractivity (Wildman–Crippen MR) is 75.5 cm³/mol. The average molecular weight is 251 g/mol. The Balaban J connectivity index is 1.86. The molecule has 2 aromatic rings. The molecule has 1 aliphatic rings. The molecule has 19 heavy (non-hydrogen) atoms. The normalized spacial score (nSPS) is 17.4. The predicted octanol–water partition coefficient (Wildman–Crippen LogP) is 3.33. The maximum Gasteiger partial charge on any atom is 0.121 e. The summed E-state index contributed by atoms with van der Waals surface area (Å²) in [4.78, 5) is 4.31. The van der Waals surface area contributed by atoms with E-state index in [2.05, 4.69) is 22.4 Å². The summed E-state index contributed by atoms with van der Waals surface area (Å²) in [6.07, 6.45) is 6.72. The average Bonchev–Trinajstić information content (AvgIpc) is 2.97.